The molecule has 2 aromatic rings. The summed E-state index contributed by atoms with van der Waals surface area (Å²) in [5.41, 5.74) is 3.23. The molecule has 0 saturated carbocycles. The first kappa shape index (κ1) is 14.6. The topological polar surface area (TPSA) is 81.3 Å². The van der Waals surface area contributed by atoms with Crippen LogP contribution in [0.4, 0.5) is 0 Å². The molecule has 1 aliphatic rings. The molecule has 1 aliphatic heterocycles. The predicted molar refractivity (Wildman–Crippen MR) is 80.7 cm³/mol. The van der Waals surface area contributed by atoms with Gasteiger partial charge in [0.25, 0.3) is 0 Å². The van der Waals surface area contributed by atoms with E-state index in [2.05, 4.69) is 19.2 Å². The summed E-state index contributed by atoms with van der Waals surface area (Å²) >= 11 is 0. The molecule has 1 atom stereocenters. The van der Waals surface area contributed by atoms with Gasteiger partial charge in [-0.05, 0) is 42.5 Å². The molecule has 116 valence electrons. The minimum Gasteiger partial charge on any atom is -0.408 e. The lowest BCUT2D eigenvalue weighted by molar-refractivity contribution is -0.135. The lowest BCUT2D eigenvalue weighted by atomic mass is 9.97. The van der Waals surface area contributed by atoms with Crippen LogP contribution in [0.2, 0.25) is 0 Å². The third-order valence-electron chi connectivity index (χ3n) is 4.14. The zero-order valence-corrected chi connectivity index (χ0v) is 12.8. The van der Waals surface area contributed by atoms with Gasteiger partial charge in [-0.3, -0.25) is 19.5 Å². The van der Waals surface area contributed by atoms with Gasteiger partial charge in [0.2, 0.25) is 11.8 Å². The standard InChI is InChI=1S/C16H18N2O4/c1-8(2)10-7-13-12(6-9(10)3)18(16(21)22-13)11-4-5-14(19)17-15(11)20/h6-8,11H,4-5H2,1-3H3,(H,17,19,20). The zero-order chi connectivity index (χ0) is 16.0. The molecular formula is C16H18N2O4. The number of piperidine rings is 1. The molecule has 6 nitrogen and oxygen atoms in total. The highest BCUT2D eigenvalue weighted by Gasteiger charge is 2.31. The quantitative estimate of drug-likeness (QED) is 0.860. The second kappa shape index (κ2) is 5.12. The molecule has 1 N–H and O–H groups in total. The lowest BCUT2D eigenvalue weighted by Gasteiger charge is -2.21. The second-order valence-corrected chi connectivity index (χ2v) is 6.04. The Balaban J connectivity index is 2.16. The summed E-state index contributed by atoms with van der Waals surface area (Å²) in [6.07, 6.45) is 0.531. The number of nitrogens with zero attached hydrogens (tertiary/aromatic N) is 1. The molecule has 1 saturated heterocycles. The van der Waals surface area contributed by atoms with Crippen molar-refractivity contribution in [1.82, 2.24) is 9.88 Å². The summed E-state index contributed by atoms with van der Waals surface area (Å²) in [5.74, 6) is -1.01. The number of carbonyl (C=O) groups excluding carboxylic acids is 2. The number of oxazole rings is 1. The Hall–Kier alpha value is -2.37. The lowest BCUT2D eigenvalue weighted by Crippen LogP contribution is -2.43. The van der Waals surface area contributed by atoms with E-state index in [-0.39, 0.29) is 12.3 Å². The Labute approximate surface area is 127 Å². The van der Waals surface area contributed by atoms with Crippen molar-refractivity contribution in [1.29, 1.82) is 0 Å². The Morgan fingerprint density at radius 3 is 2.64 bits per heavy atom. The molecule has 2 amide bonds. The van der Waals surface area contributed by atoms with Gasteiger partial charge in [0.05, 0.1) is 5.52 Å². The first-order valence-electron chi connectivity index (χ1n) is 7.37. The molecule has 6 heteroatoms. The predicted octanol–water partition coefficient (Wildman–Crippen LogP) is 2.00. The van der Waals surface area contributed by atoms with Crippen LogP contribution in [0.3, 0.4) is 0 Å². The van der Waals surface area contributed by atoms with Crippen LogP contribution in [-0.2, 0) is 9.59 Å². The maximum absolute atomic E-state index is 12.2. The molecule has 2 heterocycles. The van der Waals surface area contributed by atoms with Crippen LogP contribution in [0.15, 0.2) is 21.3 Å². The summed E-state index contributed by atoms with van der Waals surface area (Å²) in [5, 5.41) is 2.27. The van der Waals surface area contributed by atoms with Crippen LogP contribution < -0.4 is 11.1 Å². The number of nitrogens with one attached hydrogen (secondary N) is 1. The Morgan fingerprint density at radius 2 is 2.00 bits per heavy atom. The molecule has 1 aromatic heterocycles. The number of hydrogen-bond acceptors (Lipinski definition) is 4. The Bertz CT molecular complexity index is 829. The van der Waals surface area contributed by atoms with E-state index in [1.165, 1.54) is 4.57 Å². The van der Waals surface area contributed by atoms with Crippen molar-refractivity contribution in [2.45, 2.75) is 45.6 Å². The van der Waals surface area contributed by atoms with Crippen LogP contribution in [0.5, 0.6) is 0 Å². The first-order valence-corrected chi connectivity index (χ1v) is 7.37. The van der Waals surface area contributed by atoms with Crippen molar-refractivity contribution in [3.8, 4) is 0 Å². The van der Waals surface area contributed by atoms with Gasteiger partial charge in [0.15, 0.2) is 5.58 Å². The Morgan fingerprint density at radius 1 is 1.27 bits per heavy atom. The fourth-order valence-corrected chi connectivity index (χ4v) is 3.05. The van der Waals surface area contributed by atoms with Gasteiger partial charge in [0.1, 0.15) is 6.04 Å². The van der Waals surface area contributed by atoms with E-state index in [1.807, 2.05) is 19.1 Å². The summed E-state index contributed by atoms with van der Waals surface area (Å²) in [7, 11) is 0. The molecular weight excluding hydrogens is 284 g/mol. The number of rotatable bonds is 2. The molecule has 0 bridgehead atoms. The van der Waals surface area contributed by atoms with Gasteiger partial charge in [0, 0.05) is 6.42 Å². The van der Waals surface area contributed by atoms with Crippen LogP contribution in [0.1, 0.15) is 49.8 Å². The van der Waals surface area contributed by atoms with Crippen LogP contribution in [0, 0.1) is 6.92 Å². The van der Waals surface area contributed by atoms with Gasteiger partial charge in [-0.15, -0.1) is 0 Å². The minimum atomic E-state index is -0.698. The third kappa shape index (κ3) is 2.24. The maximum Gasteiger partial charge on any atom is 0.420 e. The molecule has 1 unspecified atom stereocenters. The molecule has 1 fully saturated rings. The zero-order valence-electron chi connectivity index (χ0n) is 12.8. The minimum absolute atomic E-state index is 0.221. The highest BCUT2D eigenvalue weighted by Crippen LogP contribution is 2.28. The highest BCUT2D eigenvalue weighted by molar-refractivity contribution is 6.00. The van der Waals surface area contributed by atoms with Crippen LogP contribution >= 0.6 is 0 Å². The van der Waals surface area contributed by atoms with Gasteiger partial charge in [-0.25, -0.2) is 4.79 Å². The average molecular weight is 302 g/mol. The first-order chi connectivity index (χ1) is 10.4. The summed E-state index contributed by atoms with van der Waals surface area (Å²) < 4.78 is 6.67. The number of carbonyl (C=O) groups is 2. The second-order valence-electron chi connectivity index (χ2n) is 6.04. The number of fused-ring (bicyclic) bond motifs is 1. The average Bonchev–Trinajstić information content (AvgIpc) is 2.73. The van der Waals surface area contributed by atoms with Crippen LogP contribution in [0.25, 0.3) is 11.1 Å². The van der Waals surface area contributed by atoms with Crippen molar-refractivity contribution >= 4 is 22.9 Å². The fraction of sp³-hybridized carbons (Fsp3) is 0.438. The van der Waals surface area contributed by atoms with Crippen molar-refractivity contribution < 1.29 is 14.0 Å². The van der Waals surface area contributed by atoms with Gasteiger partial charge < -0.3 is 4.42 Å². The van der Waals surface area contributed by atoms with E-state index >= 15 is 0 Å². The van der Waals surface area contributed by atoms with Crippen molar-refractivity contribution in [2.24, 2.45) is 0 Å². The third-order valence-corrected chi connectivity index (χ3v) is 4.14. The number of imide groups is 1. The van der Waals surface area contributed by atoms with E-state index in [9.17, 15) is 14.4 Å². The van der Waals surface area contributed by atoms with E-state index in [0.29, 0.717) is 23.4 Å². The summed E-state index contributed by atoms with van der Waals surface area (Å²) in [6.45, 7) is 6.12. The normalized spacial score (nSPS) is 19.0. The van der Waals surface area contributed by atoms with Crippen molar-refractivity contribution in [3.05, 3.63) is 33.8 Å². The number of amides is 2. The monoisotopic (exact) mass is 302 g/mol. The van der Waals surface area contributed by atoms with E-state index in [0.717, 1.165) is 11.1 Å². The molecule has 22 heavy (non-hydrogen) atoms. The number of aromatic nitrogens is 1. The van der Waals surface area contributed by atoms with E-state index < -0.39 is 17.7 Å². The summed E-state index contributed by atoms with van der Waals surface area (Å²) in [6, 6.07) is 3.04. The molecule has 0 spiro atoms. The highest BCUT2D eigenvalue weighted by atomic mass is 16.4. The van der Waals surface area contributed by atoms with Gasteiger partial charge in [-0.1, -0.05) is 13.8 Å². The maximum atomic E-state index is 12.2. The molecule has 3 rings (SSSR count). The van der Waals surface area contributed by atoms with E-state index in [4.69, 9.17) is 4.42 Å². The smallest absolute Gasteiger partial charge is 0.408 e. The number of hydrogen-bond donors (Lipinski definition) is 1. The van der Waals surface area contributed by atoms with Crippen molar-refractivity contribution in [2.75, 3.05) is 0 Å². The number of benzene rings is 1. The fourth-order valence-electron chi connectivity index (χ4n) is 3.05. The van der Waals surface area contributed by atoms with Crippen LogP contribution in [-0.4, -0.2) is 16.4 Å². The van der Waals surface area contributed by atoms with Gasteiger partial charge in [-0.2, -0.15) is 0 Å². The molecule has 0 radical (unpaired) electrons. The molecule has 1 aromatic carbocycles. The molecule has 0 aliphatic carbocycles. The SMILES string of the molecule is Cc1cc2c(cc1C(C)C)oc(=O)n2C1CCC(=O)NC1=O. The number of aryl methyl sites for hydroxylation is 1. The summed E-state index contributed by atoms with van der Waals surface area (Å²) in [4.78, 5) is 35.5. The van der Waals surface area contributed by atoms with Gasteiger partial charge >= 0.3 is 5.76 Å². The largest absolute Gasteiger partial charge is 0.420 e. The Kier molecular flexibility index (Phi) is 3.39. The van der Waals surface area contributed by atoms with Crippen molar-refractivity contribution in [3.63, 3.8) is 0 Å². The van der Waals surface area contributed by atoms with E-state index in [1.54, 1.807) is 0 Å².